The maximum atomic E-state index is 9.75. The van der Waals surface area contributed by atoms with E-state index in [9.17, 15) is 15.3 Å². The molecule has 1 fully saturated rings. The second-order valence-electron chi connectivity index (χ2n) is 6.34. The Hall–Kier alpha value is -0.460. The van der Waals surface area contributed by atoms with Gasteiger partial charge in [0.1, 0.15) is 24.4 Å². The van der Waals surface area contributed by atoms with Crippen LogP contribution in [-0.4, -0.2) is 59.6 Å². The van der Waals surface area contributed by atoms with Crippen LogP contribution in [0, 0.1) is 0 Å². The van der Waals surface area contributed by atoms with Crippen molar-refractivity contribution < 1.29 is 24.8 Å². The summed E-state index contributed by atoms with van der Waals surface area (Å²) >= 11 is 0. The first kappa shape index (κ1) is 20.6. The summed E-state index contributed by atoms with van der Waals surface area (Å²) in [5.41, 5.74) is 0. The molecule has 136 valence electrons. The van der Waals surface area contributed by atoms with E-state index in [0.29, 0.717) is 6.61 Å². The molecule has 0 bridgehead atoms. The zero-order valence-corrected chi connectivity index (χ0v) is 14.4. The van der Waals surface area contributed by atoms with Crippen LogP contribution in [0.4, 0.5) is 0 Å². The van der Waals surface area contributed by atoms with Gasteiger partial charge in [-0.2, -0.15) is 0 Å². The molecule has 23 heavy (non-hydrogen) atoms. The Bertz CT molecular complexity index is 308. The number of rotatable bonds is 12. The van der Waals surface area contributed by atoms with Crippen LogP contribution in [-0.2, 0) is 9.47 Å². The fourth-order valence-electron chi connectivity index (χ4n) is 2.67. The molecule has 0 spiro atoms. The van der Waals surface area contributed by atoms with Crippen LogP contribution in [0.2, 0.25) is 0 Å². The number of hydrogen-bond acceptors (Lipinski definition) is 5. The van der Waals surface area contributed by atoms with Gasteiger partial charge in [-0.05, 0) is 12.8 Å². The summed E-state index contributed by atoms with van der Waals surface area (Å²) in [4.78, 5) is 0. The van der Waals surface area contributed by atoms with Crippen molar-refractivity contribution in [3.8, 4) is 0 Å². The largest absolute Gasteiger partial charge is 0.388 e. The first-order chi connectivity index (χ1) is 11.2. The summed E-state index contributed by atoms with van der Waals surface area (Å²) in [5.74, 6) is 0. The van der Waals surface area contributed by atoms with Crippen LogP contribution in [0.15, 0.2) is 12.2 Å². The summed E-state index contributed by atoms with van der Waals surface area (Å²) < 4.78 is 10.7. The van der Waals surface area contributed by atoms with Crippen LogP contribution >= 0.6 is 0 Å². The lowest BCUT2D eigenvalue weighted by Crippen LogP contribution is -2.54. The molecule has 3 N–H and O–H groups in total. The molecule has 1 heterocycles. The van der Waals surface area contributed by atoms with Gasteiger partial charge < -0.3 is 24.8 Å². The van der Waals surface area contributed by atoms with Gasteiger partial charge in [-0.25, -0.2) is 0 Å². The maximum Gasteiger partial charge on any atom is 0.111 e. The highest BCUT2D eigenvalue weighted by Crippen LogP contribution is 2.15. The number of allylic oxidation sites excluding steroid dienone is 1. The average molecular weight is 330 g/mol. The zero-order chi connectivity index (χ0) is 16.9. The van der Waals surface area contributed by atoms with Gasteiger partial charge >= 0.3 is 0 Å². The number of unbranched alkanes of at least 4 members (excludes halogenated alkanes) is 7. The summed E-state index contributed by atoms with van der Waals surface area (Å²) in [6.45, 7) is 2.95. The second-order valence-corrected chi connectivity index (χ2v) is 6.34. The van der Waals surface area contributed by atoms with Crippen molar-refractivity contribution in [1.29, 1.82) is 0 Å². The van der Waals surface area contributed by atoms with Crippen molar-refractivity contribution in [2.45, 2.75) is 82.7 Å². The van der Waals surface area contributed by atoms with E-state index in [1.54, 1.807) is 0 Å². The van der Waals surface area contributed by atoms with Crippen LogP contribution in [0.1, 0.15) is 58.3 Å². The van der Waals surface area contributed by atoms with E-state index in [-0.39, 0.29) is 13.2 Å². The third-order valence-corrected chi connectivity index (χ3v) is 4.24. The van der Waals surface area contributed by atoms with Crippen LogP contribution in [0.5, 0.6) is 0 Å². The number of aliphatic hydroxyl groups excluding tert-OH is 3. The third kappa shape index (κ3) is 8.82. The number of ether oxygens (including phenoxy) is 2. The molecule has 0 saturated carbocycles. The van der Waals surface area contributed by atoms with Gasteiger partial charge in [0, 0.05) is 0 Å². The summed E-state index contributed by atoms with van der Waals surface area (Å²) in [6.07, 6.45) is 10.5. The van der Waals surface area contributed by atoms with E-state index in [1.807, 2.05) is 6.08 Å². The Morgan fingerprint density at radius 3 is 2.39 bits per heavy atom. The highest BCUT2D eigenvalue weighted by Gasteiger charge is 2.37. The molecule has 1 rings (SSSR count). The topological polar surface area (TPSA) is 79.2 Å². The lowest BCUT2D eigenvalue weighted by atomic mass is 10.0. The van der Waals surface area contributed by atoms with Gasteiger partial charge in [-0.15, -0.1) is 0 Å². The van der Waals surface area contributed by atoms with Crippen molar-refractivity contribution >= 4 is 0 Å². The third-order valence-electron chi connectivity index (χ3n) is 4.24. The van der Waals surface area contributed by atoms with Gasteiger partial charge in [-0.3, -0.25) is 0 Å². The fourth-order valence-corrected chi connectivity index (χ4v) is 2.67. The smallest absolute Gasteiger partial charge is 0.111 e. The van der Waals surface area contributed by atoms with Crippen LogP contribution in [0.25, 0.3) is 0 Å². The number of aliphatic hydroxyl groups is 3. The minimum Gasteiger partial charge on any atom is -0.388 e. The Balaban J connectivity index is 1.94. The molecule has 0 radical (unpaired) electrons. The molecular formula is C18H34O5. The van der Waals surface area contributed by atoms with E-state index < -0.39 is 24.4 Å². The predicted molar refractivity (Wildman–Crippen MR) is 90.3 cm³/mol. The standard InChI is InChI=1S/C18H34O5/c1-2-3-4-5-6-7-8-9-10-11-12-22-14-16-18(21)17(20)15(19)13-23-16/h10-11,15-21H,2-9,12-14H2,1H3/b11-10+/t15-,16+,17+,18+/m0/s1. The van der Waals surface area contributed by atoms with Crippen molar-refractivity contribution in [3.63, 3.8) is 0 Å². The van der Waals surface area contributed by atoms with Crippen LogP contribution in [0.3, 0.4) is 0 Å². The summed E-state index contributed by atoms with van der Waals surface area (Å²) in [6, 6.07) is 0. The van der Waals surface area contributed by atoms with Crippen molar-refractivity contribution in [3.05, 3.63) is 12.2 Å². The van der Waals surface area contributed by atoms with E-state index in [1.165, 1.54) is 44.9 Å². The molecule has 1 aliphatic heterocycles. The first-order valence-electron chi connectivity index (χ1n) is 9.05. The Labute approximate surface area is 140 Å². The molecule has 0 aromatic rings. The summed E-state index contributed by atoms with van der Waals surface area (Å²) in [7, 11) is 0. The number of hydrogen-bond donors (Lipinski definition) is 3. The van der Waals surface area contributed by atoms with Gasteiger partial charge in [0.2, 0.25) is 0 Å². The van der Waals surface area contributed by atoms with Gasteiger partial charge in [0.05, 0.1) is 19.8 Å². The Kier molecular flexibility index (Phi) is 11.5. The molecule has 0 aliphatic carbocycles. The quantitative estimate of drug-likeness (QED) is 0.377. The van der Waals surface area contributed by atoms with Gasteiger partial charge in [-0.1, -0.05) is 57.6 Å². The fraction of sp³-hybridized carbons (Fsp3) is 0.889. The lowest BCUT2D eigenvalue weighted by Gasteiger charge is -2.34. The first-order valence-corrected chi connectivity index (χ1v) is 9.05. The zero-order valence-electron chi connectivity index (χ0n) is 14.4. The lowest BCUT2D eigenvalue weighted by molar-refractivity contribution is -0.198. The SMILES string of the molecule is CCCCCCCCC/C=C/COC[C@H]1OC[C@H](O)[C@@H](O)[C@@H]1O. The van der Waals surface area contributed by atoms with Crippen molar-refractivity contribution in [1.82, 2.24) is 0 Å². The average Bonchev–Trinajstić information content (AvgIpc) is 2.55. The van der Waals surface area contributed by atoms with Gasteiger partial charge in [0.25, 0.3) is 0 Å². The second kappa shape index (κ2) is 12.9. The molecule has 0 aromatic heterocycles. The molecule has 5 heteroatoms. The molecule has 4 atom stereocenters. The molecule has 1 aliphatic rings. The monoisotopic (exact) mass is 330 g/mol. The summed E-state index contributed by atoms with van der Waals surface area (Å²) in [5, 5.41) is 28.7. The van der Waals surface area contributed by atoms with E-state index >= 15 is 0 Å². The van der Waals surface area contributed by atoms with Crippen LogP contribution < -0.4 is 0 Å². The molecule has 0 amide bonds. The highest BCUT2D eigenvalue weighted by atomic mass is 16.6. The Morgan fingerprint density at radius 1 is 0.957 bits per heavy atom. The van der Waals surface area contributed by atoms with Crippen molar-refractivity contribution in [2.75, 3.05) is 19.8 Å². The van der Waals surface area contributed by atoms with Gasteiger partial charge in [0.15, 0.2) is 0 Å². The van der Waals surface area contributed by atoms with E-state index in [0.717, 1.165) is 6.42 Å². The maximum absolute atomic E-state index is 9.75. The molecule has 0 unspecified atom stereocenters. The predicted octanol–water partition coefficient (Wildman–Crippen LogP) is 2.18. The minimum atomic E-state index is -1.16. The van der Waals surface area contributed by atoms with E-state index in [4.69, 9.17) is 9.47 Å². The highest BCUT2D eigenvalue weighted by molar-refractivity contribution is 4.87. The minimum absolute atomic E-state index is 0.0281. The molecule has 1 saturated heterocycles. The molecule has 0 aromatic carbocycles. The van der Waals surface area contributed by atoms with E-state index in [2.05, 4.69) is 13.0 Å². The Morgan fingerprint density at radius 2 is 1.65 bits per heavy atom. The normalized spacial score (nSPS) is 28.5. The van der Waals surface area contributed by atoms with Crippen molar-refractivity contribution in [2.24, 2.45) is 0 Å². The molecular weight excluding hydrogens is 296 g/mol. The molecule has 5 nitrogen and oxygen atoms in total.